The first-order valence-electron chi connectivity index (χ1n) is 9.97. The van der Waals surface area contributed by atoms with Crippen molar-refractivity contribution in [2.24, 2.45) is 0 Å². The Morgan fingerprint density at radius 3 is 2.07 bits per heavy atom. The average Bonchev–Trinajstić information content (AvgIpc) is 2.80. The summed E-state index contributed by atoms with van der Waals surface area (Å²) in [6, 6.07) is 0. The summed E-state index contributed by atoms with van der Waals surface area (Å²) in [5.41, 5.74) is 6.25. The zero-order chi connectivity index (χ0) is 20.0. The van der Waals surface area contributed by atoms with E-state index in [4.69, 9.17) is 15.7 Å². The van der Waals surface area contributed by atoms with Crippen LogP contribution in [0.2, 0.25) is 0 Å². The van der Waals surface area contributed by atoms with E-state index in [0.717, 1.165) is 49.3 Å². The zero-order valence-corrected chi connectivity index (χ0v) is 18.0. The third kappa shape index (κ3) is 3.57. The molecule has 27 heavy (non-hydrogen) atoms. The predicted octanol–water partition coefficient (Wildman–Crippen LogP) is 2.30. The molecule has 0 aliphatic carbocycles. The molecule has 0 amide bonds. The first-order valence-corrected chi connectivity index (χ1v) is 9.97. The van der Waals surface area contributed by atoms with E-state index < -0.39 is 0 Å². The lowest BCUT2D eigenvalue weighted by Gasteiger charge is -2.32. The molecule has 2 aliphatic rings. The first kappa shape index (κ1) is 20.4. The maximum atomic E-state index is 6.38. The summed E-state index contributed by atoms with van der Waals surface area (Å²) >= 11 is 0. The van der Waals surface area contributed by atoms with Crippen LogP contribution in [0.25, 0.3) is 0 Å². The normalized spacial score (nSPS) is 22.1. The summed E-state index contributed by atoms with van der Waals surface area (Å²) in [7, 11) is -0.385. The van der Waals surface area contributed by atoms with Crippen molar-refractivity contribution in [1.82, 2.24) is 10.2 Å². The van der Waals surface area contributed by atoms with Gasteiger partial charge in [0.1, 0.15) is 0 Å². The highest BCUT2D eigenvalue weighted by Gasteiger charge is 2.52. The van der Waals surface area contributed by atoms with Crippen LogP contribution in [0, 0.1) is 33.1 Å². The van der Waals surface area contributed by atoms with Gasteiger partial charge in [-0.05, 0) is 76.2 Å². The fourth-order valence-electron chi connectivity index (χ4n) is 4.15. The monoisotopic (exact) mass is 368 g/mol. The van der Waals surface area contributed by atoms with Gasteiger partial charge in [0.05, 0.1) is 11.2 Å². The molecule has 2 heterocycles. The standard InChI is InChI=1S/C22H33BN2O2/c1-9-18-15(2)19(14-25-12-10-24-11-13-25)17(4)20(16(18)3)23-26-21(5,6)22(7,8)27-23/h1,24H,10-14H2,2-8H3. The van der Waals surface area contributed by atoms with Gasteiger partial charge in [-0.3, -0.25) is 4.90 Å². The van der Waals surface area contributed by atoms with Crippen molar-refractivity contribution in [3.05, 3.63) is 27.8 Å². The minimum absolute atomic E-state index is 0.365. The minimum atomic E-state index is -0.385. The molecular weight excluding hydrogens is 335 g/mol. The Bertz CT molecular complexity index is 758. The molecule has 5 heteroatoms. The van der Waals surface area contributed by atoms with Crippen molar-refractivity contribution in [1.29, 1.82) is 0 Å². The molecular formula is C22H33BN2O2. The second kappa shape index (κ2) is 7.26. The van der Waals surface area contributed by atoms with Gasteiger partial charge in [0, 0.05) is 38.3 Å². The molecule has 1 aromatic rings. The predicted molar refractivity (Wildman–Crippen MR) is 112 cm³/mol. The number of hydrogen-bond donors (Lipinski definition) is 1. The Morgan fingerprint density at radius 2 is 1.56 bits per heavy atom. The van der Waals surface area contributed by atoms with Gasteiger partial charge >= 0.3 is 7.12 Å². The number of rotatable bonds is 3. The molecule has 0 saturated carbocycles. The molecule has 0 atom stereocenters. The molecule has 2 aliphatic heterocycles. The first-order chi connectivity index (χ1) is 12.6. The molecule has 0 aromatic heterocycles. The van der Waals surface area contributed by atoms with E-state index in [1.807, 2.05) is 0 Å². The SMILES string of the molecule is C#Cc1c(C)c(CN2CCNCC2)c(C)c(B2OC(C)(C)C(C)(C)O2)c1C. The maximum absolute atomic E-state index is 6.38. The van der Waals surface area contributed by atoms with Gasteiger partial charge in [-0.2, -0.15) is 0 Å². The summed E-state index contributed by atoms with van der Waals surface area (Å²) in [4.78, 5) is 2.50. The Hall–Kier alpha value is -1.32. The van der Waals surface area contributed by atoms with Crippen molar-refractivity contribution in [3.8, 4) is 12.3 Å². The summed E-state index contributed by atoms with van der Waals surface area (Å²) < 4.78 is 12.8. The van der Waals surface area contributed by atoms with Crippen LogP contribution in [-0.4, -0.2) is 49.4 Å². The molecule has 2 fully saturated rings. The van der Waals surface area contributed by atoms with E-state index >= 15 is 0 Å². The van der Waals surface area contributed by atoms with Crippen LogP contribution < -0.4 is 10.8 Å². The Morgan fingerprint density at radius 1 is 1.00 bits per heavy atom. The number of nitrogens with zero attached hydrogens (tertiary/aromatic N) is 1. The van der Waals surface area contributed by atoms with E-state index in [1.165, 1.54) is 16.7 Å². The molecule has 0 radical (unpaired) electrons. The topological polar surface area (TPSA) is 33.7 Å². The fourth-order valence-corrected chi connectivity index (χ4v) is 4.15. The number of hydrogen-bond acceptors (Lipinski definition) is 4. The highest BCUT2D eigenvalue weighted by atomic mass is 16.7. The molecule has 0 spiro atoms. The molecule has 3 rings (SSSR count). The molecule has 0 unspecified atom stereocenters. The van der Waals surface area contributed by atoms with Gasteiger partial charge in [-0.25, -0.2) is 0 Å². The smallest absolute Gasteiger partial charge is 0.399 e. The highest BCUT2D eigenvalue weighted by molar-refractivity contribution is 6.63. The molecule has 4 nitrogen and oxygen atoms in total. The quantitative estimate of drug-likeness (QED) is 0.656. The van der Waals surface area contributed by atoms with Crippen LogP contribution >= 0.6 is 0 Å². The van der Waals surface area contributed by atoms with Gasteiger partial charge in [-0.1, -0.05) is 5.92 Å². The van der Waals surface area contributed by atoms with Crippen molar-refractivity contribution in [3.63, 3.8) is 0 Å². The Labute approximate surface area is 165 Å². The lowest BCUT2D eigenvalue weighted by molar-refractivity contribution is 0.00578. The van der Waals surface area contributed by atoms with Crippen molar-refractivity contribution < 1.29 is 9.31 Å². The number of nitrogens with one attached hydrogen (secondary N) is 1. The van der Waals surface area contributed by atoms with Crippen molar-refractivity contribution in [2.45, 2.75) is 66.2 Å². The van der Waals surface area contributed by atoms with Gasteiger partial charge < -0.3 is 14.6 Å². The second-order valence-corrected chi connectivity index (χ2v) is 8.90. The maximum Gasteiger partial charge on any atom is 0.495 e. The van der Waals surface area contributed by atoms with E-state index in [-0.39, 0.29) is 18.3 Å². The van der Waals surface area contributed by atoms with E-state index in [1.54, 1.807) is 0 Å². The van der Waals surface area contributed by atoms with Crippen LogP contribution in [-0.2, 0) is 15.9 Å². The van der Waals surface area contributed by atoms with Gasteiger partial charge in [-0.15, -0.1) is 6.42 Å². The van der Waals surface area contributed by atoms with Crippen LogP contribution in [0.5, 0.6) is 0 Å². The number of terminal acetylenes is 1. The molecule has 1 aromatic carbocycles. The molecule has 0 bridgehead atoms. The number of benzene rings is 1. The second-order valence-electron chi connectivity index (χ2n) is 8.90. The van der Waals surface area contributed by atoms with Gasteiger partial charge in [0.2, 0.25) is 0 Å². The zero-order valence-electron chi connectivity index (χ0n) is 18.0. The highest BCUT2D eigenvalue weighted by Crippen LogP contribution is 2.37. The minimum Gasteiger partial charge on any atom is -0.399 e. The largest absolute Gasteiger partial charge is 0.495 e. The fraction of sp³-hybridized carbons (Fsp3) is 0.636. The lowest BCUT2D eigenvalue weighted by Crippen LogP contribution is -2.44. The molecule has 2 saturated heterocycles. The summed E-state index contributed by atoms with van der Waals surface area (Å²) in [6.45, 7) is 19.9. The third-order valence-electron chi connectivity index (χ3n) is 6.69. The van der Waals surface area contributed by atoms with Crippen molar-refractivity contribution in [2.75, 3.05) is 26.2 Å². The van der Waals surface area contributed by atoms with E-state index in [0.29, 0.717) is 0 Å². The Balaban J connectivity index is 2.06. The van der Waals surface area contributed by atoms with Crippen LogP contribution in [0.4, 0.5) is 0 Å². The van der Waals surface area contributed by atoms with Crippen molar-refractivity contribution >= 4 is 12.6 Å². The summed E-state index contributed by atoms with van der Waals surface area (Å²) in [5, 5.41) is 3.42. The number of piperazine rings is 1. The van der Waals surface area contributed by atoms with Crippen LogP contribution in [0.1, 0.15) is 55.5 Å². The van der Waals surface area contributed by atoms with E-state index in [9.17, 15) is 0 Å². The average molecular weight is 368 g/mol. The van der Waals surface area contributed by atoms with E-state index in [2.05, 4.69) is 64.6 Å². The van der Waals surface area contributed by atoms with Crippen LogP contribution in [0.3, 0.4) is 0 Å². The molecule has 146 valence electrons. The van der Waals surface area contributed by atoms with Gasteiger partial charge in [0.25, 0.3) is 0 Å². The summed E-state index contributed by atoms with van der Waals surface area (Å²) in [5.74, 6) is 2.93. The molecule has 1 N–H and O–H groups in total. The Kier molecular flexibility index (Phi) is 5.49. The van der Waals surface area contributed by atoms with Gasteiger partial charge in [0.15, 0.2) is 0 Å². The lowest BCUT2D eigenvalue weighted by atomic mass is 9.70. The summed E-state index contributed by atoms with van der Waals surface area (Å²) in [6.07, 6.45) is 5.92. The third-order valence-corrected chi connectivity index (χ3v) is 6.69. The van der Waals surface area contributed by atoms with Crippen LogP contribution in [0.15, 0.2) is 0 Å².